The van der Waals surface area contributed by atoms with Crippen LogP contribution < -0.4 is 10.2 Å². The molecule has 8 nitrogen and oxygen atoms in total. The minimum Gasteiger partial charge on any atom is -0.366 e. The van der Waals surface area contributed by atoms with E-state index in [4.69, 9.17) is 0 Å². The molecular formula is C20H19N5O3. The van der Waals surface area contributed by atoms with Gasteiger partial charge in [0.25, 0.3) is 11.6 Å². The summed E-state index contributed by atoms with van der Waals surface area (Å²) in [7, 11) is 0. The van der Waals surface area contributed by atoms with Gasteiger partial charge in [0.15, 0.2) is 0 Å². The maximum Gasteiger partial charge on any atom is 0.293 e. The van der Waals surface area contributed by atoms with Gasteiger partial charge in [-0.15, -0.1) is 0 Å². The molecule has 1 aliphatic rings. The smallest absolute Gasteiger partial charge is 0.293 e. The van der Waals surface area contributed by atoms with E-state index in [1.54, 1.807) is 24.4 Å². The van der Waals surface area contributed by atoms with Gasteiger partial charge in [0.05, 0.1) is 10.6 Å². The molecule has 3 aromatic rings. The van der Waals surface area contributed by atoms with Gasteiger partial charge in [-0.1, -0.05) is 12.1 Å². The molecule has 0 bridgehead atoms. The number of hydrogen-bond acceptors (Lipinski definition) is 5. The van der Waals surface area contributed by atoms with Crippen LogP contribution in [0.2, 0.25) is 0 Å². The number of carbonyl (C=O) groups excluding carboxylic acids is 1. The van der Waals surface area contributed by atoms with Crippen molar-refractivity contribution in [1.82, 2.24) is 10.2 Å². The van der Waals surface area contributed by atoms with E-state index < -0.39 is 10.8 Å². The predicted octanol–water partition coefficient (Wildman–Crippen LogP) is 3.84. The largest absolute Gasteiger partial charge is 0.366 e. The van der Waals surface area contributed by atoms with E-state index in [-0.39, 0.29) is 11.3 Å². The first kappa shape index (κ1) is 17.7. The number of hydrogen-bond donors (Lipinski definition) is 2. The molecule has 0 atom stereocenters. The van der Waals surface area contributed by atoms with E-state index in [9.17, 15) is 14.9 Å². The fraction of sp³-hybridized carbons (Fsp3) is 0.200. The second-order valence-electron chi connectivity index (χ2n) is 6.66. The van der Waals surface area contributed by atoms with Crippen molar-refractivity contribution in [2.75, 3.05) is 23.3 Å². The molecule has 2 N–H and O–H groups in total. The Morgan fingerprint density at radius 1 is 1.14 bits per heavy atom. The summed E-state index contributed by atoms with van der Waals surface area (Å²) < 4.78 is 0. The third-order valence-corrected chi connectivity index (χ3v) is 4.81. The number of nitro benzene ring substituents is 1. The maximum atomic E-state index is 12.7. The van der Waals surface area contributed by atoms with Gasteiger partial charge in [-0.3, -0.25) is 20.0 Å². The monoisotopic (exact) mass is 377 g/mol. The number of carbonyl (C=O) groups is 1. The zero-order valence-corrected chi connectivity index (χ0v) is 15.1. The molecular weight excluding hydrogens is 358 g/mol. The van der Waals surface area contributed by atoms with Gasteiger partial charge in [-0.25, -0.2) is 0 Å². The number of nitrogens with zero attached hydrogens (tertiary/aromatic N) is 3. The molecule has 0 saturated carbocycles. The number of benzene rings is 2. The topological polar surface area (TPSA) is 104 Å². The maximum absolute atomic E-state index is 12.7. The molecule has 1 aliphatic heterocycles. The summed E-state index contributed by atoms with van der Waals surface area (Å²) >= 11 is 0. The fourth-order valence-electron chi connectivity index (χ4n) is 3.42. The van der Waals surface area contributed by atoms with Crippen LogP contribution in [-0.2, 0) is 0 Å². The quantitative estimate of drug-likeness (QED) is 0.519. The summed E-state index contributed by atoms with van der Waals surface area (Å²) in [5.41, 5.74) is 3.10. The number of nitro groups is 1. The molecule has 4 rings (SSSR count). The lowest BCUT2D eigenvalue weighted by molar-refractivity contribution is -0.384. The van der Waals surface area contributed by atoms with Gasteiger partial charge < -0.3 is 10.2 Å². The van der Waals surface area contributed by atoms with Crippen LogP contribution in [0.15, 0.2) is 54.7 Å². The van der Waals surface area contributed by atoms with Crippen LogP contribution in [0.3, 0.4) is 0 Å². The van der Waals surface area contributed by atoms with Crippen molar-refractivity contribution in [3.63, 3.8) is 0 Å². The minimum absolute atomic E-state index is 0.0410. The van der Waals surface area contributed by atoms with Crippen LogP contribution in [-0.4, -0.2) is 34.1 Å². The molecule has 142 valence electrons. The van der Waals surface area contributed by atoms with Crippen molar-refractivity contribution in [1.29, 1.82) is 0 Å². The number of H-pyrrole nitrogens is 1. The summed E-state index contributed by atoms with van der Waals surface area (Å²) in [5, 5.41) is 21.1. The lowest BCUT2D eigenvalue weighted by Gasteiger charge is -2.17. The van der Waals surface area contributed by atoms with Crippen LogP contribution >= 0.6 is 0 Å². The average molecular weight is 377 g/mol. The van der Waals surface area contributed by atoms with Crippen molar-refractivity contribution in [2.24, 2.45) is 0 Å². The Balaban J connectivity index is 1.57. The van der Waals surface area contributed by atoms with Gasteiger partial charge in [-0.05, 0) is 43.2 Å². The molecule has 1 saturated heterocycles. The molecule has 2 heterocycles. The number of amides is 1. The number of anilines is 2. The summed E-state index contributed by atoms with van der Waals surface area (Å²) in [6, 6.07) is 13.8. The first-order chi connectivity index (χ1) is 13.6. The Labute approximate surface area is 161 Å². The van der Waals surface area contributed by atoms with Crippen molar-refractivity contribution >= 4 is 23.0 Å². The first-order valence-electron chi connectivity index (χ1n) is 9.06. The van der Waals surface area contributed by atoms with E-state index in [1.165, 1.54) is 6.07 Å². The zero-order valence-electron chi connectivity index (χ0n) is 15.1. The van der Waals surface area contributed by atoms with Crippen molar-refractivity contribution in [3.8, 4) is 11.3 Å². The third-order valence-electron chi connectivity index (χ3n) is 4.81. The molecule has 1 aromatic heterocycles. The highest BCUT2D eigenvalue weighted by Crippen LogP contribution is 2.32. The van der Waals surface area contributed by atoms with Gasteiger partial charge >= 0.3 is 0 Å². The van der Waals surface area contributed by atoms with Gasteiger partial charge in [0.2, 0.25) is 0 Å². The Morgan fingerprint density at radius 2 is 1.96 bits per heavy atom. The van der Waals surface area contributed by atoms with Crippen LogP contribution in [0, 0.1) is 10.1 Å². The van der Waals surface area contributed by atoms with Crippen LogP contribution in [0.5, 0.6) is 0 Å². The highest BCUT2D eigenvalue weighted by molar-refractivity contribution is 6.05. The zero-order chi connectivity index (χ0) is 19.5. The van der Waals surface area contributed by atoms with Crippen LogP contribution in [0.1, 0.15) is 23.2 Å². The molecule has 8 heteroatoms. The van der Waals surface area contributed by atoms with E-state index in [1.807, 2.05) is 29.2 Å². The van der Waals surface area contributed by atoms with E-state index >= 15 is 0 Å². The van der Waals surface area contributed by atoms with Crippen molar-refractivity contribution in [3.05, 3.63) is 70.4 Å². The summed E-state index contributed by atoms with van der Waals surface area (Å²) in [6.45, 7) is 1.60. The van der Waals surface area contributed by atoms with Crippen LogP contribution in [0.4, 0.5) is 17.1 Å². The van der Waals surface area contributed by atoms with Crippen LogP contribution in [0.25, 0.3) is 11.3 Å². The Morgan fingerprint density at radius 3 is 2.68 bits per heavy atom. The van der Waals surface area contributed by atoms with Crippen molar-refractivity contribution < 1.29 is 9.72 Å². The molecule has 0 radical (unpaired) electrons. The highest BCUT2D eigenvalue weighted by atomic mass is 16.6. The molecule has 1 amide bonds. The molecule has 28 heavy (non-hydrogen) atoms. The van der Waals surface area contributed by atoms with Gasteiger partial charge in [-0.2, -0.15) is 5.10 Å². The Kier molecular flexibility index (Phi) is 4.76. The fourth-order valence-corrected chi connectivity index (χ4v) is 3.42. The number of nitrogens with one attached hydrogen (secondary N) is 2. The summed E-state index contributed by atoms with van der Waals surface area (Å²) in [4.78, 5) is 25.7. The minimum atomic E-state index is -0.427. The summed E-state index contributed by atoms with van der Waals surface area (Å²) in [6.07, 6.45) is 3.69. The van der Waals surface area contributed by atoms with E-state index in [0.717, 1.165) is 37.2 Å². The van der Waals surface area contributed by atoms with Gasteiger partial charge in [0.1, 0.15) is 5.69 Å². The van der Waals surface area contributed by atoms with E-state index in [0.29, 0.717) is 11.4 Å². The molecule has 1 fully saturated rings. The molecule has 0 spiro atoms. The Bertz CT molecular complexity index is 1010. The highest BCUT2D eigenvalue weighted by Gasteiger charge is 2.23. The first-order valence-corrected chi connectivity index (χ1v) is 9.06. The predicted molar refractivity (Wildman–Crippen MR) is 107 cm³/mol. The third kappa shape index (κ3) is 3.57. The number of rotatable bonds is 5. The average Bonchev–Trinajstić information content (AvgIpc) is 3.41. The SMILES string of the molecule is O=C(Nc1cccc(-c2ccn[nH]2)c1)c1ccc(N2CCCC2)c([N+](=O)[O-])c1. The molecule has 0 aliphatic carbocycles. The standard InChI is InChI=1S/C20H19N5O3/c26-20(22-16-5-3-4-14(12-16)17-8-9-21-23-17)15-6-7-18(19(13-15)25(27)28)24-10-1-2-11-24/h3-9,12-13H,1-2,10-11H2,(H,21,23)(H,22,26). The lowest BCUT2D eigenvalue weighted by atomic mass is 10.1. The number of aromatic nitrogens is 2. The number of aromatic amines is 1. The normalized spacial score (nSPS) is 13.5. The Hall–Kier alpha value is -3.68. The molecule has 2 aromatic carbocycles. The van der Waals surface area contributed by atoms with Crippen molar-refractivity contribution in [2.45, 2.75) is 12.8 Å². The second-order valence-corrected chi connectivity index (χ2v) is 6.66. The van der Waals surface area contributed by atoms with Gasteiger partial charge in [0, 0.05) is 42.2 Å². The summed E-state index contributed by atoms with van der Waals surface area (Å²) in [5.74, 6) is -0.391. The van der Waals surface area contributed by atoms with E-state index in [2.05, 4.69) is 15.5 Å². The lowest BCUT2D eigenvalue weighted by Crippen LogP contribution is -2.19. The molecule has 0 unspecified atom stereocenters. The second kappa shape index (κ2) is 7.51.